The second-order valence-corrected chi connectivity index (χ2v) is 8.31. The zero-order valence-corrected chi connectivity index (χ0v) is 20.0. The quantitative estimate of drug-likeness (QED) is 0.302. The van der Waals surface area contributed by atoms with Gasteiger partial charge in [-0.1, -0.05) is 95.0 Å². The minimum atomic E-state index is 0. The Morgan fingerprint density at radius 3 is 1.83 bits per heavy atom. The molecule has 0 radical (unpaired) electrons. The van der Waals surface area contributed by atoms with E-state index in [1.54, 1.807) is 0 Å². The molecule has 0 bridgehead atoms. The summed E-state index contributed by atoms with van der Waals surface area (Å²) in [6.45, 7) is 11.0. The first-order valence-corrected chi connectivity index (χ1v) is 11.8. The maximum atomic E-state index is 12.5. The number of hydrogen-bond donors (Lipinski definition) is 1. The summed E-state index contributed by atoms with van der Waals surface area (Å²) < 4.78 is 0.827. The average Bonchev–Trinajstić information content (AvgIpc) is 2.72. The predicted octanol–water partition coefficient (Wildman–Crippen LogP) is 3.08. The molecule has 1 aromatic rings. The highest BCUT2D eigenvalue weighted by Gasteiger charge is 2.27. The first kappa shape index (κ1) is 27.9. The SMILES string of the molecule is CCCCCCCCCCCCNC(=O)C[N+](CC)(CC)Cc1ccccc1.[Cl-]. The molecule has 0 aliphatic heterocycles. The molecule has 0 saturated carbocycles. The normalized spacial score (nSPS) is 11.1. The van der Waals surface area contributed by atoms with Crippen molar-refractivity contribution in [3.8, 4) is 0 Å². The Morgan fingerprint density at radius 1 is 0.793 bits per heavy atom. The van der Waals surface area contributed by atoms with Gasteiger partial charge in [-0.15, -0.1) is 0 Å². The number of carbonyl (C=O) groups is 1. The molecule has 1 amide bonds. The van der Waals surface area contributed by atoms with E-state index in [0.717, 1.165) is 37.1 Å². The number of rotatable bonds is 17. The summed E-state index contributed by atoms with van der Waals surface area (Å²) >= 11 is 0. The van der Waals surface area contributed by atoms with Crippen LogP contribution in [-0.4, -0.2) is 36.6 Å². The van der Waals surface area contributed by atoms with Gasteiger partial charge in [0.15, 0.2) is 6.54 Å². The molecular weight excluding hydrogens is 380 g/mol. The van der Waals surface area contributed by atoms with E-state index in [9.17, 15) is 4.79 Å². The van der Waals surface area contributed by atoms with Gasteiger partial charge in [0, 0.05) is 12.1 Å². The summed E-state index contributed by atoms with van der Waals surface area (Å²) in [5.41, 5.74) is 1.31. The van der Waals surface area contributed by atoms with E-state index in [1.165, 1.54) is 63.4 Å². The summed E-state index contributed by atoms with van der Waals surface area (Å²) in [4.78, 5) is 12.5. The molecular formula is C25H45ClN2O. The fourth-order valence-corrected chi connectivity index (χ4v) is 3.90. The Bertz CT molecular complexity index is 503. The van der Waals surface area contributed by atoms with E-state index in [1.807, 2.05) is 0 Å². The molecule has 0 aromatic heterocycles. The van der Waals surface area contributed by atoms with Crippen molar-refractivity contribution >= 4 is 5.91 Å². The number of halogens is 1. The van der Waals surface area contributed by atoms with Crippen LogP contribution in [0, 0.1) is 0 Å². The topological polar surface area (TPSA) is 29.1 Å². The van der Waals surface area contributed by atoms with Gasteiger partial charge < -0.3 is 22.2 Å². The van der Waals surface area contributed by atoms with E-state index < -0.39 is 0 Å². The molecule has 3 nitrogen and oxygen atoms in total. The molecule has 29 heavy (non-hydrogen) atoms. The van der Waals surface area contributed by atoms with Gasteiger partial charge in [0.25, 0.3) is 5.91 Å². The number of amides is 1. The number of benzene rings is 1. The molecule has 0 aliphatic rings. The third-order valence-electron chi connectivity index (χ3n) is 6.03. The lowest BCUT2D eigenvalue weighted by Crippen LogP contribution is -3.00. The zero-order valence-electron chi connectivity index (χ0n) is 19.2. The Balaban J connectivity index is 0.00000784. The number of unbranched alkanes of at least 4 members (excludes halogenated alkanes) is 9. The molecule has 0 heterocycles. The number of hydrogen-bond acceptors (Lipinski definition) is 1. The molecule has 168 valence electrons. The summed E-state index contributed by atoms with van der Waals surface area (Å²) in [6.07, 6.45) is 13.3. The molecule has 0 spiro atoms. The molecule has 1 rings (SSSR count). The van der Waals surface area contributed by atoms with Crippen LogP contribution in [0.1, 0.15) is 90.5 Å². The second-order valence-electron chi connectivity index (χ2n) is 8.31. The van der Waals surface area contributed by atoms with Crippen LogP contribution in [0.25, 0.3) is 0 Å². The standard InChI is InChI=1S/C25H44N2O.ClH/c1-4-7-8-9-10-11-12-13-14-18-21-26-25(28)23-27(5-2,6-3)22-24-19-16-15-17-20-24;/h15-17,19-20H,4-14,18,21-23H2,1-3H3;1H. The van der Waals surface area contributed by atoms with E-state index >= 15 is 0 Å². The van der Waals surface area contributed by atoms with Crippen molar-refractivity contribution in [1.29, 1.82) is 0 Å². The van der Waals surface area contributed by atoms with Gasteiger partial charge in [0.05, 0.1) is 13.1 Å². The molecule has 1 aromatic carbocycles. The maximum absolute atomic E-state index is 12.5. The summed E-state index contributed by atoms with van der Waals surface area (Å²) in [5.74, 6) is 0.204. The third-order valence-corrected chi connectivity index (χ3v) is 6.03. The highest BCUT2D eigenvalue weighted by atomic mass is 35.5. The third kappa shape index (κ3) is 13.0. The minimum Gasteiger partial charge on any atom is -1.00 e. The van der Waals surface area contributed by atoms with Crippen molar-refractivity contribution < 1.29 is 21.7 Å². The number of quaternary nitrogens is 1. The van der Waals surface area contributed by atoms with Gasteiger partial charge in [0.2, 0.25) is 0 Å². The average molecular weight is 425 g/mol. The van der Waals surface area contributed by atoms with Crippen molar-refractivity contribution in [3.05, 3.63) is 35.9 Å². The van der Waals surface area contributed by atoms with Crippen LogP contribution < -0.4 is 17.7 Å². The first-order valence-electron chi connectivity index (χ1n) is 11.8. The monoisotopic (exact) mass is 424 g/mol. The van der Waals surface area contributed by atoms with Crippen molar-refractivity contribution in [2.75, 3.05) is 26.2 Å². The van der Waals surface area contributed by atoms with E-state index in [-0.39, 0.29) is 18.3 Å². The lowest BCUT2D eigenvalue weighted by atomic mass is 10.1. The smallest absolute Gasteiger partial charge is 0.275 e. The number of carbonyl (C=O) groups excluding carboxylic acids is 1. The fourth-order valence-electron chi connectivity index (χ4n) is 3.90. The van der Waals surface area contributed by atoms with Crippen LogP contribution in [0.5, 0.6) is 0 Å². The summed E-state index contributed by atoms with van der Waals surface area (Å²) in [6, 6.07) is 10.6. The van der Waals surface area contributed by atoms with Crippen LogP contribution in [0.4, 0.5) is 0 Å². The molecule has 0 aliphatic carbocycles. The Kier molecular flexibility index (Phi) is 17.1. The van der Waals surface area contributed by atoms with Crippen LogP contribution in [0.2, 0.25) is 0 Å². The molecule has 0 saturated heterocycles. The fraction of sp³-hybridized carbons (Fsp3) is 0.720. The molecule has 1 N–H and O–H groups in total. The Hall–Kier alpha value is -1.06. The highest BCUT2D eigenvalue weighted by molar-refractivity contribution is 5.77. The minimum absolute atomic E-state index is 0. The van der Waals surface area contributed by atoms with Crippen LogP contribution in [0.3, 0.4) is 0 Å². The molecule has 4 heteroatoms. The second kappa shape index (κ2) is 17.8. The summed E-state index contributed by atoms with van der Waals surface area (Å²) in [5, 5.41) is 3.16. The first-order chi connectivity index (χ1) is 13.7. The van der Waals surface area contributed by atoms with E-state index in [4.69, 9.17) is 0 Å². The number of nitrogens with zero attached hydrogens (tertiary/aromatic N) is 1. The van der Waals surface area contributed by atoms with Crippen LogP contribution in [0.15, 0.2) is 30.3 Å². The van der Waals surface area contributed by atoms with E-state index in [0.29, 0.717) is 6.54 Å². The van der Waals surface area contributed by atoms with Gasteiger partial charge in [-0.25, -0.2) is 0 Å². The Morgan fingerprint density at radius 2 is 1.31 bits per heavy atom. The lowest BCUT2D eigenvalue weighted by molar-refractivity contribution is -0.930. The predicted molar refractivity (Wildman–Crippen MR) is 121 cm³/mol. The number of nitrogens with one attached hydrogen (secondary N) is 1. The van der Waals surface area contributed by atoms with Gasteiger partial charge >= 0.3 is 0 Å². The molecule has 0 fully saturated rings. The zero-order chi connectivity index (χ0) is 20.5. The Labute approximate surface area is 186 Å². The van der Waals surface area contributed by atoms with Crippen molar-refractivity contribution in [3.63, 3.8) is 0 Å². The van der Waals surface area contributed by atoms with Crippen molar-refractivity contribution in [2.24, 2.45) is 0 Å². The van der Waals surface area contributed by atoms with Crippen LogP contribution >= 0.6 is 0 Å². The van der Waals surface area contributed by atoms with Gasteiger partial charge in [-0.05, 0) is 20.3 Å². The molecule has 0 unspecified atom stereocenters. The lowest BCUT2D eigenvalue weighted by Gasteiger charge is -2.36. The van der Waals surface area contributed by atoms with Gasteiger partial charge in [-0.3, -0.25) is 4.79 Å². The largest absolute Gasteiger partial charge is 1.00 e. The van der Waals surface area contributed by atoms with Crippen molar-refractivity contribution in [2.45, 2.75) is 91.5 Å². The summed E-state index contributed by atoms with van der Waals surface area (Å²) in [7, 11) is 0. The number of likely N-dealkylation sites (N-methyl/N-ethyl adjacent to an activating group) is 1. The van der Waals surface area contributed by atoms with Gasteiger partial charge in [-0.2, -0.15) is 0 Å². The van der Waals surface area contributed by atoms with Gasteiger partial charge in [0.1, 0.15) is 6.54 Å². The highest BCUT2D eigenvalue weighted by Crippen LogP contribution is 2.14. The molecule has 0 atom stereocenters. The maximum Gasteiger partial charge on any atom is 0.275 e. The van der Waals surface area contributed by atoms with Crippen molar-refractivity contribution in [1.82, 2.24) is 5.32 Å². The van der Waals surface area contributed by atoms with E-state index in [2.05, 4.69) is 56.4 Å². The van der Waals surface area contributed by atoms with Crippen LogP contribution in [-0.2, 0) is 11.3 Å².